The summed E-state index contributed by atoms with van der Waals surface area (Å²) in [6, 6.07) is 14.6. The van der Waals surface area contributed by atoms with Gasteiger partial charge in [-0.15, -0.1) is 0 Å². The van der Waals surface area contributed by atoms with E-state index in [1.807, 2.05) is 34.9 Å². The zero-order chi connectivity index (χ0) is 17.4. The van der Waals surface area contributed by atoms with Crippen LogP contribution in [-0.4, -0.2) is 35.7 Å². The summed E-state index contributed by atoms with van der Waals surface area (Å²) >= 11 is 0. The van der Waals surface area contributed by atoms with Crippen molar-refractivity contribution in [3.05, 3.63) is 59.9 Å². The minimum atomic E-state index is -1.37. The Morgan fingerprint density at radius 1 is 1.16 bits per heavy atom. The van der Waals surface area contributed by atoms with Gasteiger partial charge in [-0.25, -0.2) is 13.9 Å². The minimum absolute atomic E-state index is 0.297. The number of ether oxygens (including phenoxy) is 1. The monoisotopic (exact) mass is 341 g/mol. The number of hydrogen-bond acceptors (Lipinski definition) is 3. The van der Waals surface area contributed by atoms with Crippen LogP contribution in [0.15, 0.2) is 48.5 Å². The Morgan fingerprint density at radius 2 is 1.96 bits per heavy atom. The highest BCUT2D eigenvalue weighted by molar-refractivity contribution is 5.96. The van der Waals surface area contributed by atoms with E-state index in [0.717, 1.165) is 37.3 Å². The number of para-hydroxylation sites is 1. The number of aliphatic hydroxyl groups is 1. The molecule has 4 nitrogen and oxygen atoms in total. The van der Waals surface area contributed by atoms with E-state index in [-0.39, 0.29) is 0 Å². The van der Waals surface area contributed by atoms with E-state index >= 15 is 0 Å². The van der Waals surface area contributed by atoms with Gasteiger partial charge in [0.2, 0.25) is 0 Å². The van der Waals surface area contributed by atoms with Gasteiger partial charge in [0.1, 0.15) is 17.3 Å². The molecule has 0 unspecified atom stereocenters. The summed E-state index contributed by atoms with van der Waals surface area (Å²) < 4.78 is 21.8. The molecule has 0 fully saturated rings. The average Bonchev–Trinajstić information content (AvgIpc) is 2.96. The number of β-amino-alcohol motifs (C(OH)–C–C–N with tert-alkyl or cyclic N) is 1. The van der Waals surface area contributed by atoms with Crippen LogP contribution in [-0.2, 0) is 5.72 Å². The SMILES string of the molecule is COc1ccc([C@@]2(O)CN(c3ccccc3)C3=[N+]2CCCC3)c(F)c1. The molecule has 0 aromatic heterocycles. The molecule has 25 heavy (non-hydrogen) atoms. The molecule has 2 heterocycles. The molecule has 0 spiro atoms. The molecular formula is C20H22FN2O2+. The van der Waals surface area contributed by atoms with Crippen LogP contribution >= 0.6 is 0 Å². The van der Waals surface area contributed by atoms with Gasteiger partial charge in [0.05, 0.1) is 19.2 Å². The first-order valence-electron chi connectivity index (χ1n) is 8.66. The maximum Gasteiger partial charge on any atom is 0.273 e. The number of hydrogen-bond donors (Lipinski definition) is 1. The van der Waals surface area contributed by atoms with E-state index in [0.29, 0.717) is 17.9 Å². The lowest BCUT2D eigenvalue weighted by Crippen LogP contribution is -2.42. The zero-order valence-electron chi connectivity index (χ0n) is 14.3. The average molecular weight is 341 g/mol. The van der Waals surface area contributed by atoms with Gasteiger partial charge in [-0.1, -0.05) is 18.2 Å². The molecule has 2 aliphatic heterocycles. The summed E-state index contributed by atoms with van der Waals surface area (Å²) in [6.07, 6.45) is 2.96. The minimum Gasteiger partial charge on any atom is -0.497 e. The molecule has 2 aromatic carbocycles. The Kier molecular flexibility index (Phi) is 3.96. The fourth-order valence-corrected chi connectivity index (χ4v) is 3.92. The molecule has 0 aliphatic carbocycles. The molecule has 0 saturated carbocycles. The summed E-state index contributed by atoms with van der Waals surface area (Å²) in [4.78, 5) is 2.11. The topological polar surface area (TPSA) is 35.7 Å². The predicted octanol–water partition coefficient (Wildman–Crippen LogP) is 3.09. The first kappa shape index (κ1) is 16.1. The van der Waals surface area contributed by atoms with E-state index in [9.17, 15) is 9.50 Å². The molecule has 5 heteroatoms. The smallest absolute Gasteiger partial charge is 0.273 e. The van der Waals surface area contributed by atoms with Gasteiger partial charge in [-0.2, -0.15) is 0 Å². The van der Waals surface area contributed by atoms with E-state index in [1.165, 1.54) is 13.2 Å². The Hall–Kier alpha value is -2.40. The van der Waals surface area contributed by atoms with Crippen LogP contribution in [0.5, 0.6) is 5.75 Å². The maximum absolute atomic E-state index is 14.7. The second kappa shape index (κ2) is 6.15. The standard InChI is InChI=1S/C20H22FN2O2/c1-25-16-10-11-17(18(21)13-16)20(24)14-22(15-7-3-2-4-8-15)19-9-5-6-12-23(19)20/h2-4,7-8,10-11,13,24H,5-6,9,12,14H2,1H3/q+1/t20-/m0/s1. The number of methoxy groups -OCH3 is 1. The summed E-state index contributed by atoms with van der Waals surface area (Å²) in [7, 11) is 1.51. The van der Waals surface area contributed by atoms with E-state index in [4.69, 9.17) is 4.74 Å². The van der Waals surface area contributed by atoms with Gasteiger partial charge in [-0.3, -0.25) is 0 Å². The maximum atomic E-state index is 14.7. The Labute approximate surface area is 146 Å². The predicted molar refractivity (Wildman–Crippen MR) is 94.6 cm³/mol. The molecule has 4 rings (SSSR count). The molecular weight excluding hydrogens is 319 g/mol. The second-order valence-electron chi connectivity index (χ2n) is 6.61. The molecule has 0 saturated heterocycles. The third-order valence-electron chi connectivity index (χ3n) is 5.16. The lowest BCUT2D eigenvalue weighted by Gasteiger charge is -2.25. The lowest BCUT2D eigenvalue weighted by atomic mass is 10.0. The van der Waals surface area contributed by atoms with Crippen LogP contribution in [0.25, 0.3) is 0 Å². The largest absolute Gasteiger partial charge is 0.497 e. The van der Waals surface area contributed by atoms with Crippen LogP contribution in [0.4, 0.5) is 10.1 Å². The van der Waals surface area contributed by atoms with Crippen LogP contribution in [0.1, 0.15) is 24.8 Å². The van der Waals surface area contributed by atoms with Crippen molar-refractivity contribution in [1.29, 1.82) is 0 Å². The first-order chi connectivity index (χ1) is 12.1. The molecule has 0 amide bonds. The van der Waals surface area contributed by atoms with Crippen molar-refractivity contribution < 1.29 is 18.8 Å². The van der Waals surface area contributed by atoms with Gasteiger partial charge in [-0.05, 0) is 37.1 Å². The number of rotatable bonds is 3. The van der Waals surface area contributed by atoms with Gasteiger partial charge < -0.3 is 9.84 Å². The molecule has 1 atom stereocenters. The molecule has 0 radical (unpaired) electrons. The van der Waals surface area contributed by atoms with Crippen molar-refractivity contribution in [2.75, 3.05) is 25.1 Å². The first-order valence-corrected chi connectivity index (χ1v) is 8.66. The number of halogens is 1. The van der Waals surface area contributed by atoms with Crippen LogP contribution < -0.4 is 9.64 Å². The zero-order valence-corrected chi connectivity index (χ0v) is 14.3. The summed E-state index contributed by atoms with van der Waals surface area (Å²) in [5.41, 5.74) is -0.0533. The second-order valence-corrected chi connectivity index (χ2v) is 6.61. The Bertz CT molecular complexity index is 822. The van der Waals surface area contributed by atoms with Gasteiger partial charge in [0.25, 0.3) is 11.6 Å². The van der Waals surface area contributed by atoms with E-state index < -0.39 is 11.5 Å². The van der Waals surface area contributed by atoms with E-state index in [1.54, 1.807) is 12.1 Å². The van der Waals surface area contributed by atoms with Crippen LogP contribution in [0.2, 0.25) is 0 Å². The molecule has 130 valence electrons. The number of nitrogens with zero attached hydrogens (tertiary/aromatic N) is 2. The van der Waals surface area contributed by atoms with Crippen molar-refractivity contribution in [2.45, 2.75) is 25.0 Å². The third-order valence-corrected chi connectivity index (χ3v) is 5.16. The normalized spacial score (nSPS) is 22.9. The highest BCUT2D eigenvalue weighted by Gasteiger charge is 2.53. The van der Waals surface area contributed by atoms with Crippen molar-refractivity contribution in [2.24, 2.45) is 0 Å². The summed E-state index contributed by atoms with van der Waals surface area (Å²) in [5, 5.41) is 11.5. The van der Waals surface area contributed by atoms with Crippen molar-refractivity contribution in [1.82, 2.24) is 0 Å². The number of benzene rings is 2. The fourth-order valence-electron chi connectivity index (χ4n) is 3.92. The van der Waals surface area contributed by atoms with Crippen LogP contribution in [0, 0.1) is 5.82 Å². The molecule has 2 aliphatic rings. The van der Waals surface area contributed by atoms with Gasteiger partial charge in [0.15, 0.2) is 6.54 Å². The number of anilines is 1. The molecule has 1 N–H and O–H groups in total. The molecule has 2 aromatic rings. The van der Waals surface area contributed by atoms with Gasteiger partial charge in [0, 0.05) is 12.5 Å². The van der Waals surface area contributed by atoms with Crippen molar-refractivity contribution in [3.63, 3.8) is 0 Å². The lowest BCUT2D eigenvalue weighted by molar-refractivity contribution is -0.661. The van der Waals surface area contributed by atoms with Gasteiger partial charge >= 0.3 is 0 Å². The summed E-state index contributed by atoms with van der Waals surface area (Å²) in [6.45, 7) is 1.04. The fraction of sp³-hybridized carbons (Fsp3) is 0.350. The number of amidine groups is 1. The quantitative estimate of drug-likeness (QED) is 0.872. The Morgan fingerprint density at radius 3 is 2.68 bits per heavy atom. The van der Waals surface area contributed by atoms with E-state index in [2.05, 4.69) is 4.90 Å². The third kappa shape index (κ3) is 2.59. The van der Waals surface area contributed by atoms with Crippen molar-refractivity contribution in [3.8, 4) is 5.75 Å². The highest BCUT2D eigenvalue weighted by atomic mass is 19.1. The summed E-state index contributed by atoms with van der Waals surface area (Å²) in [5.74, 6) is 1.07. The van der Waals surface area contributed by atoms with Crippen LogP contribution in [0.3, 0.4) is 0 Å². The van der Waals surface area contributed by atoms with Crippen molar-refractivity contribution >= 4 is 11.5 Å². The Balaban J connectivity index is 1.81. The highest BCUT2D eigenvalue weighted by Crippen LogP contribution is 2.37. The molecule has 0 bridgehead atoms.